The maximum absolute atomic E-state index is 11.4. The molecule has 1 fully saturated rings. The van der Waals surface area contributed by atoms with Gasteiger partial charge in [0, 0.05) is 17.3 Å². The van der Waals surface area contributed by atoms with Crippen LogP contribution in [0.4, 0.5) is 18.9 Å². The van der Waals surface area contributed by atoms with Crippen LogP contribution in [-0.4, -0.2) is 25.4 Å². The van der Waals surface area contributed by atoms with E-state index in [2.05, 4.69) is 63.3 Å². The Morgan fingerprint density at radius 1 is 0.944 bits per heavy atom. The Kier molecular flexibility index (Phi) is 5.73. The van der Waals surface area contributed by atoms with Crippen LogP contribution in [0.3, 0.4) is 0 Å². The van der Waals surface area contributed by atoms with Crippen molar-refractivity contribution in [1.82, 2.24) is 0 Å². The molecule has 3 aromatic rings. The average Bonchev–Trinajstić information content (AvgIpc) is 3.34. The molecule has 0 bridgehead atoms. The summed E-state index contributed by atoms with van der Waals surface area (Å²) in [6, 6.07) is 13.1. The molecule has 1 saturated carbocycles. The molecular weight excluding hydrogens is 463 g/mol. The molecule has 6 heteroatoms. The van der Waals surface area contributed by atoms with Crippen molar-refractivity contribution >= 4 is 16.5 Å². The molecule has 3 nitrogen and oxygen atoms in total. The van der Waals surface area contributed by atoms with Crippen molar-refractivity contribution in [2.75, 3.05) is 19.0 Å². The first kappa shape index (κ1) is 24.8. The number of alkyl halides is 3. The van der Waals surface area contributed by atoms with Gasteiger partial charge >= 0.3 is 6.68 Å². The zero-order valence-corrected chi connectivity index (χ0v) is 21.6. The topological polar surface area (TPSA) is 41.5 Å². The third-order valence-corrected chi connectivity index (χ3v) is 8.11. The molecule has 6 rings (SSSR count). The van der Waals surface area contributed by atoms with E-state index in [9.17, 15) is 18.3 Å². The third-order valence-electron chi connectivity index (χ3n) is 8.11. The number of fused-ring (bicyclic) bond motifs is 9. The van der Waals surface area contributed by atoms with E-state index in [4.69, 9.17) is 4.74 Å². The number of hydrogen-bond acceptors (Lipinski definition) is 3. The SMILES string of the molecule is COc1cc2c(O)cc3c(c2c2c1NCC2)-c1ccccc1C31CC(C)(C)CC(C)(C)C1.FC(F)F. The lowest BCUT2D eigenvalue weighted by atomic mass is 9.52. The van der Waals surface area contributed by atoms with Crippen molar-refractivity contribution in [3.63, 3.8) is 0 Å². The van der Waals surface area contributed by atoms with Crippen LogP contribution < -0.4 is 10.1 Å². The fraction of sp³-hybridized carbons (Fsp3) is 0.467. The average molecular weight is 498 g/mol. The number of aromatic hydroxyl groups is 1. The summed E-state index contributed by atoms with van der Waals surface area (Å²) in [5.41, 5.74) is 8.21. The van der Waals surface area contributed by atoms with Crippen LogP contribution >= 0.6 is 0 Å². The maximum Gasteiger partial charge on any atom is 0.379 e. The molecule has 3 aromatic carbocycles. The van der Waals surface area contributed by atoms with Crippen molar-refractivity contribution in [1.29, 1.82) is 0 Å². The van der Waals surface area contributed by atoms with Gasteiger partial charge < -0.3 is 15.2 Å². The van der Waals surface area contributed by atoms with Gasteiger partial charge in [-0.1, -0.05) is 52.0 Å². The van der Waals surface area contributed by atoms with E-state index in [1.54, 1.807) is 7.11 Å². The number of rotatable bonds is 1. The first-order chi connectivity index (χ1) is 16.9. The highest BCUT2D eigenvalue weighted by atomic mass is 19.4. The van der Waals surface area contributed by atoms with Crippen LogP contribution in [0, 0.1) is 10.8 Å². The number of nitrogens with one attached hydrogen (secondary N) is 1. The Morgan fingerprint density at radius 2 is 1.58 bits per heavy atom. The Labute approximate surface area is 210 Å². The number of halogens is 3. The highest BCUT2D eigenvalue weighted by Crippen LogP contribution is 2.65. The maximum atomic E-state index is 11.4. The minimum absolute atomic E-state index is 0.0678. The lowest BCUT2D eigenvalue weighted by Crippen LogP contribution is -2.43. The molecule has 0 saturated heterocycles. The molecule has 0 radical (unpaired) electrons. The first-order valence-corrected chi connectivity index (χ1v) is 12.6. The number of phenols is 1. The number of hydrogen-bond donors (Lipinski definition) is 2. The van der Waals surface area contributed by atoms with E-state index in [0.29, 0.717) is 5.75 Å². The minimum atomic E-state index is -3.67. The lowest BCUT2D eigenvalue weighted by molar-refractivity contribution is 0.00818. The van der Waals surface area contributed by atoms with Gasteiger partial charge in [0.1, 0.15) is 11.5 Å². The molecular formula is C30H34F3NO2. The number of ether oxygens (including phenoxy) is 1. The molecule has 3 aliphatic rings. The van der Waals surface area contributed by atoms with Gasteiger partial charge in [0.2, 0.25) is 0 Å². The Balaban J connectivity index is 0.000000623. The third kappa shape index (κ3) is 3.80. The predicted molar refractivity (Wildman–Crippen MR) is 139 cm³/mol. The zero-order chi connectivity index (χ0) is 26.0. The van der Waals surface area contributed by atoms with Gasteiger partial charge in [-0.25, -0.2) is 0 Å². The monoisotopic (exact) mass is 497 g/mol. The number of benzene rings is 3. The van der Waals surface area contributed by atoms with Crippen LogP contribution in [0.2, 0.25) is 0 Å². The highest BCUT2D eigenvalue weighted by molar-refractivity contribution is 6.10. The van der Waals surface area contributed by atoms with Gasteiger partial charge in [0.25, 0.3) is 0 Å². The highest BCUT2D eigenvalue weighted by Gasteiger charge is 2.53. The van der Waals surface area contributed by atoms with E-state index in [-0.39, 0.29) is 16.2 Å². The van der Waals surface area contributed by atoms with Gasteiger partial charge in [0.05, 0.1) is 12.8 Å². The van der Waals surface area contributed by atoms with Crippen LogP contribution in [0.15, 0.2) is 36.4 Å². The van der Waals surface area contributed by atoms with Crippen molar-refractivity contribution in [2.45, 2.75) is 65.5 Å². The van der Waals surface area contributed by atoms with Crippen LogP contribution in [0.1, 0.15) is 63.6 Å². The minimum Gasteiger partial charge on any atom is -0.507 e. The van der Waals surface area contributed by atoms with Crippen molar-refractivity contribution in [2.24, 2.45) is 10.8 Å². The molecule has 2 N–H and O–H groups in total. The fourth-order valence-electron chi connectivity index (χ4n) is 7.96. The second-order valence-electron chi connectivity index (χ2n) is 12.1. The summed E-state index contributed by atoms with van der Waals surface area (Å²) in [6.45, 7) is 6.92. The second-order valence-corrected chi connectivity index (χ2v) is 12.1. The molecule has 1 aliphatic heterocycles. The molecule has 0 atom stereocenters. The fourth-order valence-corrected chi connectivity index (χ4v) is 7.96. The Bertz CT molecular complexity index is 1330. The molecule has 0 aromatic heterocycles. The van der Waals surface area contributed by atoms with E-state index in [1.807, 2.05) is 6.07 Å². The standard InChI is InChI=1S/C29H33NO2.CHF3/c1-27(2)14-28(3,4)16-29(15-27)20-9-7-6-8-17(20)25-21(29)13-22(31)19-12-23(32-5)26-18(24(19)25)10-11-30-26;2-1(3)4/h6-9,12-13,30-31H,10-11,14-16H2,1-5H3;1H. The summed E-state index contributed by atoms with van der Waals surface area (Å²) >= 11 is 0. The lowest BCUT2D eigenvalue weighted by Gasteiger charge is -2.51. The predicted octanol–water partition coefficient (Wildman–Crippen LogP) is 8.20. The van der Waals surface area contributed by atoms with Gasteiger partial charge in [0.15, 0.2) is 0 Å². The smallest absolute Gasteiger partial charge is 0.379 e. The quantitative estimate of drug-likeness (QED) is 0.356. The molecule has 0 amide bonds. The van der Waals surface area contributed by atoms with Gasteiger partial charge in [-0.15, -0.1) is 0 Å². The van der Waals surface area contributed by atoms with Crippen molar-refractivity contribution in [3.8, 4) is 22.6 Å². The summed E-state index contributed by atoms with van der Waals surface area (Å²) in [6.07, 6.45) is 4.38. The second kappa shape index (κ2) is 8.32. The van der Waals surface area contributed by atoms with Gasteiger partial charge in [-0.05, 0) is 81.8 Å². The first-order valence-electron chi connectivity index (χ1n) is 12.6. The number of methoxy groups -OCH3 is 1. The summed E-state index contributed by atoms with van der Waals surface area (Å²) in [5, 5.41) is 17.0. The normalized spacial score (nSPS) is 19.8. The largest absolute Gasteiger partial charge is 0.507 e. The molecule has 2 aliphatic carbocycles. The van der Waals surface area contributed by atoms with E-state index in [0.717, 1.165) is 42.6 Å². The van der Waals surface area contributed by atoms with Crippen LogP contribution in [0.25, 0.3) is 21.9 Å². The van der Waals surface area contributed by atoms with Gasteiger partial charge in [-0.3, -0.25) is 0 Å². The number of phenolic OH excluding ortho intramolecular Hbond substituents is 1. The summed E-state index contributed by atoms with van der Waals surface area (Å²) < 4.78 is 34.7. The van der Waals surface area contributed by atoms with Crippen molar-refractivity contribution in [3.05, 3.63) is 53.1 Å². The van der Waals surface area contributed by atoms with Crippen molar-refractivity contribution < 1.29 is 23.0 Å². The summed E-state index contributed by atoms with van der Waals surface area (Å²) in [7, 11) is 1.71. The van der Waals surface area contributed by atoms with E-state index >= 15 is 0 Å². The zero-order valence-electron chi connectivity index (χ0n) is 21.6. The van der Waals surface area contributed by atoms with Crippen LogP contribution in [-0.2, 0) is 11.8 Å². The molecule has 0 unspecified atom stereocenters. The molecule has 1 spiro atoms. The summed E-state index contributed by atoms with van der Waals surface area (Å²) in [5.74, 6) is 1.20. The molecule has 192 valence electrons. The van der Waals surface area contributed by atoms with E-state index < -0.39 is 6.68 Å². The Hall–Kier alpha value is -2.89. The molecule has 1 heterocycles. The van der Waals surface area contributed by atoms with Gasteiger partial charge in [-0.2, -0.15) is 13.2 Å². The summed E-state index contributed by atoms with van der Waals surface area (Å²) in [4.78, 5) is 0. The Morgan fingerprint density at radius 3 is 2.22 bits per heavy atom. The number of anilines is 1. The van der Waals surface area contributed by atoms with Crippen LogP contribution in [0.5, 0.6) is 11.5 Å². The molecule has 36 heavy (non-hydrogen) atoms. The van der Waals surface area contributed by atoms with E-state index in [1.165, 1.54) is 39.6 Å².